The highest BCUT2D eigenvalue weighted by molar-refractivity contribution is 5.34. The monoisotopic (exact) mass is 245 g/mol. The number of alkyl halides is 5. The van der Waals surface area contributed by atoms with Gasteiger partial charge in [-0.1, -0.05) is 0 Å². The number of methoxy groups -OCH3 is 1. The molecule has 0 atom stereocenters. The van der Waals surface area contributed by atoms with E-state index in [4.69, 9.17) is 0 Å². The second-order valence-electron chi connectivity index (χ2n) is 2.72. The van der Waals surface area contributed by atoms with Gasteiger partial charge in [0.05, 0.1) is 12.7 Å². The van der Waals surface area contributed by atoms with Crippen LogP contribution in [0.3, 0.4) is 0 Å². The first kappa shape index (κ1) is 12.6. The van der Waals surface area contributed by atoms with Crippen molar-refractivity contribution in [2.75, 3.05) is 7.11 Å². The zero-order valence-corrected chi connectivity index (χ0v) is 7.78. The summed E-state index contributed by atoms with van der Waals surface area (Å²) in [7, 11) is 0.847. The normalized spacial score (nSPS) is 12.0. The Hall–Kier alpha value is -1.47. The maximum atomic E-state index is 12.8. The molecule has 16 heavy (non-hydrogen) atoms. The van der Waals surface area contributed by atoms with Crippen LogP contribution in [-0.4, -0.2) is 12.1 Å². The van der Waals surface area contributed by atoms with E-state index in [9.17, 15) is 26.3 Å². The number of hydrogen-bond acceptors (Lipinski definition) is 2. The van der Waals surface area contributed by atoms with Crippen LogP contribution < -0.4 is 4.74 Å². The molecular formula is C8H5F6NO. The van der Waals surface area contributed by atoms with Gasteiger partial charge in [-0.25, -0.2) is 13.8 Å². The van der Waals surface area contributed by atoms with Crippen LogP contribution in [-0.2, 0) is 6.18 Å². The third-order valence-corrected chi connectivity index (χ3v) is 1.69. The van der Waals surface area contributed by atoms with Gasteiger partial charge in [0.1, 0.15) is 5.75 Å². The Morgan fingerprint density at radius 1 is 1.31 bits per heavy atom. The highest BCUT2D eigenvalue weighted by Gasteiger charge is 2.38. The fraction of sp³-hybridized carbons (Fsp3) is 0.375. The van der Waals surface area contributed by atoms with Gasteiger partial charge in [0.15, 0.2) is 5.69 Å². The average Bonchev–Trinajstić information content (AvgIpc) is 2.15. The van der Waals surface area contributed by atoms with E-state index in [1.54, 1.807) is 0 Å². The van der Waals surface area contributed by atoms with Gasteiger partial charge in [-0.15, -0.1) is 0 Å². The maximum Gasteiger partial charge on any atom is 0.437 e. The van der Waals surface area contributed by atoms with Gasteiger partial charge in [-0.05, 0) is 6.07 Å². The number of ether oxygens (including phenoxy) is 1. The molecular weight excluding hydrogens is 240 g/mol. The number of halogens is 6. The van der Waals surface area contributed by atoms with E-state index in [2.05, 4.69) is 9.72 Å². The largest absolute Gasteiger partial charge is 0.494 e. The van der Waals surface area contributed by atoms with Crippen LogP contribution in [0.1, 0.15) is 17.7 Å². The van der Waals surface area contributed by atoms with E-state index in [0.29, 0.717) is 0 Å². The summed E-state index contributed by atoms with van der Waals surface area (Å²) in [5.74, 6) is -2.80. The predicted molar refractivity (Wildman–Crippen MR) is 40.7 cm³/mol. The number of aromatic nitrogens is 1. The topological polar surface area (TPSA) is 22.1 Å². The van der Waals surface area contributed by atoms with Crippen molar-refractivity contribution in [2.24, 2.45) is 0 Å². The van der Waals surface area contributed by atoms with Crippen molar-refractivity contribution in [2.45, 2.75) is 12.6 Å². The van der Waals surface area contributed by atoms with Gasteiger partial charge in [0, 0.05) is 0 Å². The first-order chi connectivity index (χ1) is 7.27. The minimum Gasteiger partial charge on any atom is -0.494 e. The minimum absolute atomic E-state index is 0.288. The Morgan fingerprint density at radius 2 is 1.88 bits per heavy atom. The van der Waals surface area contributed by atoms with Crippen molar-refractivity contribution >= 4 is 0 Å². The fourth-order valence-electron chi connectivity index (χ4n) is 0.999. The molecule has 1 heterocycles. The number of rotatable bonds is 2. The lowest BCUT2D eigenvalue weighted by molar-refractivity contribution is -0.143. The van der Waals surface area contributed by atoms with E-state index in [-0.39, 0.29) is 6.07 Å². The minimum atomic E-state index is -4.97. The quantitative estimate of drug-likeness (QED) is 0.589. The third-order valence-electron chi connectivity index (χ3n) is 1.69. The molecule has 2 nitrogen and oxygen atoms in total. The lowest BCUT2D eigenvalue weighted by Gasteiger charge is -2.12. The fourth-order valence-corrected chi connectivity index (χ4v) is 0.999. The van der Waals surface area contributed by atoms with Crippen LogP contribution in [0.5, 0.6) is 5.75 Å². The first-order valence-electron chi connectivity index (χ1n) is 3.87. The van der Waals surface area contributed by atoms with E-state index in [0.717, 1.165) is 7.11 Å². The highest BCUT2D eigenvalue weighted by atomic mass is 19.4. The van der Waals surface area contributed by atoms with Gasteiger partial charge >= 0.3 is 6.18 Å². The summed E-state index contributed by atoms with van der Waals surface area (Å²) in [5, 5.41) is 0. The SMILES string of the molecule is COc1cc(C(F)F)c(F)nc1C(F)(F)F. The molecule has 1 rings (SSSR count). The van der Waals surface area contributed by atoms with Crippen LogP contribution in [0.25, 0.3) is 0 Å². The van der Waals surface area contributed by atoms with E-state index >= 15 is 0 Å². The van der Waals surface area contributed by atoms with Crippen molar-refractivity contribution in [3.63, 3.8) is 0 Å². The van der Waals surface area contributed by atoms with Crippen molar-refractivity contribution in [3.05, 3.63) is 23.3 Å². The molecule has 0 N–H and O–H groups in total. The summed E-state index contributed by atoms with van der Waals surface area (Å²) < 4.78 is 78.1. The van der Waals surface area contributed by atoms with Gasteiger partial charge in [-0.2, -0.15) is 17.6 Å². The molecule has 0 unspecified atom stereocenters. The Balaban J connectivity index is 3.38. The van der Waals surface area contributed by atoms with Gasteiger partial charge in [0.25, 0.3) is 6.43 Å². The van der Waals surface area contributed by atoms with Crippen LogP contribution in [0.15, 0.2) is 6.07 Å². The zero-order valence-electron chi connectivity index (χ0n) is 7.78. The molecule has 0 spiro atoms. The molecule has 0 aliphatic heterocycles. The number of pyridine rings is 1. The Morgan fingerprint density at radius 3 is 2.25 bits per heavy atom. The molecule has 1 aromatic heterocycles. The second-order valence-corrected chi connectivity index (χ2v) is 2.72. The molecule has 0 bridgehead atoms. The predicted octanol–water partition coefficient (Wildman–Crippen LogP) is 3.19. The lowest BCUT2D eigenvalue weighted by atomic mass is 10.2. The van der Waals surface area contributed by atoms with Crippen molar-refractivity contribution in [1.82, 2.24) is 4.98 Å². The molecule has 0 amide bonds. The molecule has 0 saturated heterocycles. The molecule has 0 aliphatic rings. The Bertz CT molecular complexity index is 389. The molecule has 0 fully saturated rings. The molecule has 8 heteroatoms. The second kappa shape index (κ2) is 4.18. The lowest BCUT2D eigenvalue weighted by Crippen LogP contribution is -2.13. The van der Waals surface area contributed by atoms with E-state index in [1.807, 2.05) is 0 Å². The number of hydrogen-bond donors (Lipinski definition) is 0. The molecule has 0 aromatic carbocycles. The summed E-state index contributed by atoms with van der Waals surface area (Å²) in [6.07, 6.45) is -8.23. The Labute approximate surface area is 85.9 Å². The zero-order chi connectivity index (χ0) is 12.5. The smallest absolute Gasteiger partial charge is 0.437 e. The number of nitrogens with zero attached hydrogens (tertiary/aromatic N) is 1. The third kappa shape index (κ3) is 2.37. The van der Waals surface area contributed by atoms with Crippen molar-refractivity contribution < 1.29 is 31.1 Å². The van der Waals surface area contributed by atoms with E-state index < -0.39 is 35.6 Å². The maximum absolute atomic E-state index is 12.8. The first-order valence-corrected chi connectivity index (χ1v) is 3.87. The highest BCUT2D eigenvalue weighted by Crippen LogP contribution is 2.37. The van der Waals surface area contributed by atoms with Crippen molar-refractivity contribution in [3.8, 4) is 5.75 Å². The molecule has 0 saturated carbocycles. The van der Waals surface area contributed by atoms with Crippen LogP contribution in [0, 0.1) is 5.95 Å². The van der Waals surface area contributed by atoms with Crippen molar-refractivity contribution in [1.29, 1.82) is 0 Å². The van der Waals surface area contributed by atoms with Crippen LogP contribution in [0.2, 0.25) is 0 Å². The molecule has 0 aliphatic carbocycles. The summed E-state index contributed by atoms with van der Waals surface area (Å²) in [4.78, 5) is 2.44. The molecule has 1 aromatic rings. The summed E-state index contributed by atoms with van der Waals surface area (Å²) in [5.41, 5.74) is -2.90. The van der Waals surface area contributed by atoms with Gasteiger partial charge in [-0.3, -0.25) is 0 Å². The molecule has 0 radical (unpaired) electrons. The van der Waals surface area contributed by atoms with Crippen LogP contribution >= 0.6 is 0 Å². The average molecular weight is 245 g/mol. The van der Waals surface area contributed by atoms with Gasteiger partial charge < -0.3 is 4.74 Å². The van der Waals surface area contributed by atoms with E-state index in [1.165, 1.54) is 0 Å². The summed E-state index contributed by atoms with van der Waals surface area (Å²) in [6.45, 7) is 0. The Kier molecular flexibility index (Phi) is 3.30. The summed E-state index contributed by atoms with van der Waals surface area (Å²) in [6, 6.07) is 0.288. The standard InChI is InChI=1S/C8H5F6NO/c1-16-4-2-3(6(9)10)7(11)15-5(4)8(12,13)14/h2,6H,1H3. The molecule has 90 valence electrons. The van der Waals surface area contributed by atoms with Crippen LogP contribution in [0.4, 0.5) is 26.3 Å². The van der Waals surface area contributed by atoms with Gasteiger partial charge in [0.2, 0.25) is 5.95 Å². The summed E-state index contributed by atoms with van der Waals surface area (Å²) >= 11 is 0.